The first-order chi connectivity index (χ1) is 19.9. The van der Waals surface area contributed by atoms with Crippen LogP contribution in [-0.2, 0) is 0 Å². The average Bonchev–Trinajstić information content (AvgIpc) is 2.94. The van der Waals surface area contributed by atoms with E-state index in [9.17, 15) is 0 Å². The van der Waals surface area contributed by atoms with Gasteiger partial charge in [0.05, 0.1) is 0 Å². The molecule has 0 aliphatic heterocycles. The minimum absolute atomic E-state index is 0.820. The number of hydrogen-bond acceptors (Lipinski definition) is 4. The molecule has 0 bridgehead atoms. The molecule has 0 saturated heterocycles. The largest absolute Gasteiger partial charge is 0.302 e. The minimum atomic E-state index is 0.820. The van der Waals surface area contributed by atoms with Crippen LogP contribution in [0.1, 0.15) is 152 Å². The van der Waals surface area contributed by atoms with Crippen molar-refractivity contribution in [3.63, 3.8) is 0 Å². The summed E-state index contributed by atoms with van der Waals surface area (Å²) in [6, 6.07) is 0. The Morgan fingerprint density at radius 2 is 0.537 bits per heavy atom. The number of unbranched alkanes of at least 4 members (excludes halogenated alkanes) is 7. The van der Waals surface area contributed by atoms with Gasteiger partial charge in [-0.2, -0.15) is 0 Å². The van der Waals surface area contributed by atoms with E-state index >= 15 is 0 Å². The lowest BCUT2D eigenvalue weighted by molar-refractivity contribution is 0.149. The van der Waals surface area contributed by atoms with E-state index in [-0.39, 0.29) is 0 Å². The molecule has 0 saturated carbocycles. The second-order valence-electron chi connectivity index (χ2n) is 13.9. The highest BCUT2D eigenvalue weighted by Crippen LogP contribution is 2.10. The highest BCUT2D eigenvalue weighted by atomic mass is 15.2. The van der Waals surface area contributed by atoms with Crippen LogP contribution in [0.4, 0.5) is 0 Å². The number of nitrogens with zero attached hydrogens (tertiary/aromatic N) is 4. The van der Waals surface area contributed by atoms with E-state index < -0.39 is 0 Å². The van der Waals surface area contributed by atoms with Crippen molar-refractivity contribution in [1.29, 1.82) is 0 Å². The third kappa shape index (κ3) is 27.1. The van der Waals surface area contributed by atoms with Crippen LogP contribution in [0.2, 0.25) is 0 Å². The molecule has 0 aromatic carbocycles. The van der Waals surface area contributed by atoms with E-state index in [1.54, 1.807) is 0 Å². The lowest BCUT2D eigenvalue weighted by Crippen LogP contribution is -2.44. The van der Waals surface area contributed by atoms with Crippen LogP contribution >= 0.6 is 0 Å². The second kappa shape index (κ2) is 29.9. The van der Waals surface area contributed by atoms with Crippen LogP contribution < -0.4 is 0 Å². The summed E-state index contributed by atoms with van der Waals surface area (Å²) in [5.74, 6) is 1.64. The summed E-state index contributed by atoms with van der Waals surface area (Å²) in [5.41, 5.74) is 0. The van der Waals surface area contributed by atoms with E-state index in [1.807, 2.05) is 0 Å². The van der Waals surface area contributed by atoms with Gasteiger partial charge in [-0.15, -0.1) is 0 Å². The number of rotatable bonds is 32. The third-order valence-corrected chi connectivity index (χ3v) is 8.77. The second-order valence-corrected chi connectivity index (χ2v) is 13.9. The van der Waals surface area contributed by atoms with Gasteiger partial charge in [0.15, 0.2) is 0 Å². The zero-order chi connectivity index (χ0) is 30.6. The predicted molar refractivity (Wildman–Crippen MR) is 187 cm³/mol. The molecule has 0 fully saturated rings. The van der Waals surface area contributed by atoms with Gasteiger partial charge in [-0.05, 0) is 102 Å². The molecule has 0 radical (unpaired) electrons. The predicted octanol–water partition coefficient (Wildman–Crippen LogP) is 9.44. The molecule has 0 spiro atoms. The van der Waals surface area contributed by atoms with Crippen LogP contribution in [0, 0.1) is 11.8 Å². The molecular weight excluding hydrogens is 500 g/mol. The molecule has 4 nitrogen and oxygen atoms in total. The summed E-state index contributed by atoms with van der Waals surface area (Å²) < 4.78 is 0. The molecule has 0 aromatic rings. The summed E-state index contributed by atoms with van der Waals surface area (Å²) in [6.45, 7) is 34.0. The first kappa shape index (κ1) is 40.8. The van der Waals surface area contributed by atoms with Crippen molar-refractivity contribution in [1.82, 2.24) is 19.6 Å². The Kier molecular flexibility index (Phi) is 29.8. The maximum Gasteiger partial charge on any atom is 0.0110 e. The molecule has 0 unspecified atom stereocenters. The highest BCUT2D eigenvalue weighted by molar-refractivity contribution is 4.71. The maximum absolute atomic E-state index is 2.85. The Hall–Kier alpha value is -0.160. The Bertz CT molecular complexity index is 493. The first-order valence-corrected chi connectivity index (χ1v) is 18.7. The van der Waals surface area contributed by atoms with Gasteiger partial charge in [0.1, 0.15) is 0 Å². The molecule has 0 aromatic heterocycles. The maximum atomic E-state index is 2.85. The van der Waals surface area contributed by atoms with Gasteiger partial charge in [0, 0.05) is 39.3 Å². The average molecular weight is 581 g/mol. The van der Waals surface area contributed by atoms with Gasteiger partial charge in [-0.3, -0.25) is 4.90 Å². The van der Waals surface area contributed by atoms with Gasteiger partial charge in [-0.25, -0.2) is 0 Å². The summed E-state index contributed by atoms with van der Waals surface area (Å²) in [6.07, 6.45) is 20.3. The minimum Gasteiger partial charge on any atom is -0.302 e. The zero-order valence-corrected chi connectivity index (χ0v) is 30.0. The third-order valence-electron chi connectivity index (χ3n) is 8.77. The van der Waals surface area contributed by atoms with Crippen molar-refractivity contribution in [2.45, 2.75) is 152 Å². The highest BCUT2D eigenvalue weighted by Gasteiger charge is 2.14. The monoisotopic (exact) mass is 581 g/mol. The molecular formula is C37H80N4. The Morgan fingerprint density at radius 1 is 0.293 bits per heavy atom. The fraction of sp³-hybridized carbons (Fsp3) is 1.00. The Morgan fingerprint density at radius 3 is 0.805 bits per heavy atom. The molecule has 41 heavy (non-hydrogen) atoms. The topological polar surface area (TPSA) is 13.0 Å². The summed E-state index contributed by atoms with van der Waals surface area (Å²) >= 11 is 0. The molecule has 0 atom stereocenters. The molecule has 0 aliphatic carbocycles. The first-order valence-electron chi connectivity index (χ1n) is 18.7. The molecule has 0 rings (SSSR count). The van der Waals surface area contributed by atoms with E-state index in [0.717, 1.165) is 11.8 Å². The van der Waals surface area contributed by atoms with Crippen molar-refractivity contribution in [3.8, 4) is 0 Å². The van der Waals surface area contributed by atoms with Crippen LogP contribution in [0.15, 0.2) is 0 Å². The lowest BCUT2D eigenvalue weighted by atomic mass is 10.1. The van der Waals surface area contributed by atoms with Gasteiger partial charge >= 0.3 is 0 Å². The Balaban J connectivity index is 5.32. The van der Waals surface area contributed by atoms with Crippen molar-refractivity contribution in [2.75, 3.05) is 78.5 Å². The van der Waals surface area contributed by atoms with E-state index in [2.05, 4.69) is 75.0 Å². The molecule has 0 heterocycles. The quantitative estimate of drug-likeness (QED) is 0.0735. The van der Waals surface area contributed by atoms with Gasteiger partial charge in [0.2, 0.25) is 0 Å². The van der Waals surface area contributed by atoms with E-state index in [0.29, 0.717) is 0 Å². The fourth-order valence-corrected chi connectivity index (χ4v) is 5.77. The summed E-state index contributed by atoms with van der Waals surface area (Å²) in [4.78, 5) is 11.3. The number of hydrogen-bond donors (Lipinski definition) is 0. The van der Waals surface area contributed by atoms with Crippen molar-refractivity contribution in [2.24, 2.45) is 11.8 Å². The summed E-state index contributed by atoms with van der Waals surface area (Å²) in [5, 5.41) is 0. The van der Waals surface area contributed by atoms with Crippen molar-refractivity contribution < 1.29 is 0 Å². The van der Waals surface area contributed by atoms with Crippen molar-refractivity contribution in [3.05, 3.63) is 0 Å². The standard InChI is InChI=1S/C37H80N4/c1-9-13-17-25-39(26-18-14-10-2)31-34-41(33-30-38(24-16-12-4)28-20-22-36(5)6)35-32-40(27-19-15-11-3)29-21-23-37(7)8/h36-37H,9-35H2,1-8H3. The lowest BCUT2D eigenvalue weighted by Gasteiger charge is -2.32. The zero-order valence-electron chi connectivity index (χ0n) is 30.0. The van der Waals surface area contributed by atoms with Crippen LogP contribution in [-0.4, -0.2) is 98.1 Å². The van der Waals surface area contributed by atoms with Crippen LogP contribution in [0.25, 0.3) is 0 Å². The van der Waals surface area contributed by atoms with Gasteiger partial charge in [-0.1, -0.05) is 100 Å². The van der Waals surface area contributed by atoms with Crippen molar-refractivity contribution >= 4 is 0 Å². The molecule has 248 valence electrons. The fourth-order valence-electron chi connectivity index (χ4n) is 5.77. The van der Waals surface area contributed by atoms with E-state index in [1.165, 1.54) is 175 Å². The van der Waals surface area contributed by atoms with Gasteiger partial charge < -0.3 is 14.7 Å². The van der Waals surface area contributed by atoms with Gasteiger partial charge in [0.25, 0.3) is 0 Å². The molecule has 0 N–H and O–H groups in total. The molecule has 4 heteroatoms. The molecule has 0 amide bonds. The van der Waals surface area contributed by atoms with E-state index in [4.69, 9.17) is 0 Å². The summed E-state index contributed by atoms with van der Waals surface area (Å²) in [7, 11) is 0. The SMILES string of the molecule is CCCCCN(CCCCC)CCN(CCN(CCCC)CCCC(C)C)CCN(CCCCC)CCCC(C)C. The van der Waals surface area contributed by atoms with Crippen LogP contribution in [0.3, 0.4) is 0 Å². The molecule has 0 aliphatic rings. The van der Waals surface area contributed by atoms with Crippen LogP contribution in [0.5, 0.6) is 0 Å². The smallest absolute Gasteiger partial charge is 0.0110 e. The Labute approximate surface area is 261 Å². The normalized spacial score (nSPS) is 12.4.